The Morgan fingerprint density at radius 2 is 1.94 bits per heavy atom. The largest absolute Gasteiger partial charge is 0.465 e. The monoisotopic (exact) mass is 497 g/mol. The van der Waals surface area contributed by atoms with Gasteiger partial charge in [-0.3, -0.25) is 0 Å². The third kappa shape index (κ3) is 4.13. The zero-order chi connectivity index (χ0) is 25.1. The van der Waals surface area contributed by atoms with E-state index in [-0.39, 0.29) is 17.4 Å². The molecule has 0 aliphatic carbocycles. The molecule has 2 aromatic heterocycles. The van der Waals surface area contributed by atoms with Crippen LogP contribution in [0, 0.1) is 11.3 Å². The van der Waals surface area contributed by atoms with E-state index in [1.807, 2.05) is 18.3 Å². The van der Waals surface area contributed by atoms with Crippen LogP contribution in [0.5, 0.6) is 0 Å². The van der Waals surface area contributed by atoms with Gasteiger partial charge in [-0.2, -0.15) is 0 Å². The van der Waals surface area contributed by atoms with Crippen molar-refractivity contribution in [2.75, 3.05) is 24.2 Å². The number of amides is 1. The van der Waals surface area contributed by atoms with Crippen LogP contribution in [0.1, 0.15) is 32.8 Å². The fourth-order valence-corrected chi connectivity index (χ4v) is 6.54. The number of likely N-dealkylation sites (tertiary alicyclic amines) is 1. The Hall–Kier alpha value is -3.14. The Labute approximate surface area is 205 Å². The molecule has 1 fully saturated rings. The molecule has 5 rings (SSSR count). The van der Waals surface area contributed by atoms with Gasteiger partial charge in [-0.25, -0.2) is 23.2 Å². The Kier molecular flexibility index (Phi) is 5.54. The van der Waals surface area contributed by atoms with Crippen molar-refractivity contribution in [1.29, 1.82) is 0 Å². The summed E-state index contributed by atoms with van der Waals surface area (Å²) in [4.78, 5) is 25.1. The Bertz CT molecular complexity index is 1410. The summed E-state index contributed by atoms with van der Waals surface area (Å²) in [5.41, 5.74) is 2.60. The van der Waals surface area contributed by atoms with E-state index in [0.29, 0.717) is 24.5 Å². The summed E-state index contributed by atoms with van der Waals surface area (Å²) < 4.78 is 26.1. The lowest BCUT2D eigenvalue weighted by Gasteiger charge is -2.37. The first-order valence-corrected chi connectivity index (χ1v) is 13.7. The van der Waals surface area contributed by atoms with Gasteiger partial charge in [-0.15, -0.1) is 0 Å². The molecule has 0 saturated carbocycles. The third-order valence-corrected chi connectivity index (χ3v) is 8.36. The van der Waals surface area contributed by atoms with E-state index in [2.05, 4.69) is 40.2 Å². The van der Waals surface area contributed by atoms with E-state index in [1.165, 1.54) is 6.26 Å². The van der Waals surface area contributed by atoms with Crippen LogP contribution >= 0.6 is 0 Å². The molecule has 4 heterocycles. The van der Waals surface area contributed by atoms with Crippen molar-refractivity contribution in [3.05, 3.63) is 42.4 Å². The highest BCUT2D eigenvalue weighted by Gasteiger charge is 2.44. The first kappa shape index (κ1) is 23.6. The number of carbonyl (C=O) groups is 1. The summed E-state index contributed by atoms with van der Waals surface area (Å²) in [6.45, 7) is 8.23. The number of nitrogens with zero attached hydrogens (tertiary/aromatic N) is 5. The molecular weight excluding hydrogens is 466 g/mol. The molecule has 1 amide bonds. The number of benzene rings is 1. The normalized spacial score (nSPS) is 20.6. The summed E-state index contributed by atoms with van der Waals surface area (Å²) in [5, 5.41) is 10.6. The van der Waals surface area contributed by atoms with Crippen molar-refractivity contribution in [1.82, 2.24) is 19.4 Å². The van der Waals surface area contributed by atoms with Crippen molar-refractivity contribution in [3.8, 4) is 0 Å². The Morgan fingerprint density at radius 1 is 1.17 bits per heavy atom. The smallest absolute Gasteiger partial charge is 0.407 e. The molecule has 9 nitrogen and oxygen atoms in total. The van der Waals surface area contributed by atoms with Gasteiger partial charge < -0.3 is 19.5 Å². The van der Waals surface area contributed by atoms with Crippen LogP contribution < -0.4 is 4.90 Å². The van der Waals surface area contributed by atoms with Crippen LogP contribution in [0.4, 0.5) is 16.3 Å². The van der Waals surface area contributed by atoms with Gasteiger partial charge in [0.05, 0.1) is 10.3 Å². The molecular formula is C25H31N5O4S. The van der Waals surface area contributed by atoms with Crippen molar-refractivity contribution in [2.45, 2.75) is 51.1 Å². The predicted octanol–water partition coefficient (Wildman–Crippen LogP) is 3.94. The number of hydrogen-bond donors (Lipinski definition) is 1. The topological polar surface area (TPSA) is 109 Å². The second-order valence-corrected chi connectivity index (χ2v) is 12.7. The van der Waals surface area contributed by atoms with Crippen LogP contribution in [-0.2, 0) is 22.8 Å². The highest BCUT2D eigenvalue weighted by molar-refractivity contribution is 7.90. The number of rotatable bonds is 4. The molecule has 10 heteroatoms. The Morgan fingerprint density at radius 3 is 2.63 bits per heavy atom. The number of hydrogen-bond acceptors (Lipinski definition) is 6. The molecule has 186 valence electrons. The standard InChI is InChI=1S/C25H31N5O4S/c1-25(2,3)21-17(8-12-30(21)24(31)32)14-28-10-9-19-22(28)26-15-27-23(19)29-11-7-16-13-18(35(4,33)34)5-6-20(16)29/h5-6,9-10,13,15,17,21H,7-8,11-12,14H2,1-4H3,(H,31,32)/t17-,21?/m1/s1. The van der Waals surface area contributed by atoms with E-state index in [9.17, 15) is 18.3 Å². The SMILES string of the molecule is CC(C)(C)C1[C@@H](Cn2ccc3c(N4CCc5cc(S(C)(=O)=O)ccc54)ncnc32)CCN1C(=O)O. The molecule has 35 heavy (non-hydrogen) atoms. The lowest BCUT2D eigenvalue weighted by molar-refractivity contribution is 0.0879. The first-order valence-electron chi connectivity index (χ1n) is 11.8. The maximum atomic E-state index is 12.0. The van der Waals surface area contributed by atoms with Gasteiger partial charge in [0, 0.05) is 43.8 Å². The van der Waals surface area contributed by atoms with Gasteiger partial charge in [-0.1, -0.05) is 20.8 Å². The van der Waals surface area contributed by atoms with Crippen LogP contribution in [0.3, 0.4) is 0 Å². The van der Waals surface area contributed by atoms with Gasteiger partial charge in [0.15, 0.2) is 9.84 Å². The van der Waals surface area contributed by atoms with Crippen LogP contribution in [0.25, 0.3) is 11.0 Å². The Balaban J connectivity index is 1.47. The molecule has 0 radical (unpaired) electrons. The summed E-state index contributed by atoms with van der Waals surface area (Å²) in [5.74, 6) is 0.979. The van der Waals surface area contributed by atoms with Crippen LogP contribution in [0.15, 0.2) is 41.7 Å². The van der Waals surface area contributed by atoms with Crippen molar-refractivity contribution in [2.24, 2.45) is 11.3 Å². The molecule has 2 aliphatic heterocycles. The van der Waals surface area contributed by atoms with Gasteiger partial charge >= 0.3 is 6.09 Å². The lowest BCUT2D eigenvalue weighted by Crippen LogP contribution is -2.46. The van der Waals surface area contributed by atoms with Gasteiger partial charge in [0.2, 0.25) is 0 Å². The third-order valence-electron chi connectivity index (χ3n) is 7.25. The minimum atomic E-state index is -3.26. The van der Waals surface area contributed by atoms with Gasteiger partial charge in [0.25, 0.3) is 0 Å². The molecule has 3 aromatic rings. The summed E-state index contributed by atoms with van der Waals surface area (Å²) in [6.07, 6.45) is 5.49. The van der Waals surface area contributed by atoms with E-state index in [0.717, 1.165) is 40.9 Å². The minimum Gasteiger partial charge on any atom is -0.465 e. The molecule has 1 aromatic carbocycles. The second-order valence-electron chi connectivity index (χ2n) is 10.7. The van der Waals surface area contributed by atoms with Crippen LogP contribution in [0.2, 0.25) is 0 Å². The predicted molar refractivity (Wildman–Crippen MR) is 134 cm³/mol. The minimum absolute atomic E-state index is 0.0757. The maximum Gasteiger partial charge on any atom is 0.407 e. The lowest BCUT2D eigenvalue weighted by atomic mass is 9.79. The quantitative estimate of drug-likeness (QED) is 0.581. The molecule has 1 unspecified atom stereocenters. The average Bonchev–Trinajstić information content (AvgIpc) is 3.49. The summed E-state index contributed by atoms with van der Waals surface area (Å²) in [7, 11) is -3.26. The highest BCUT2D eigenvalue weighted by atomic mass is 32.2. The number of fused-ring (bicyclic) bond motifs is 2. The fourth-order valence-electron chi connectivity index (χ4n) is 5.87. The second kappa shape index (κ2) is 8.22. The van der Waals surface area contributed by atoms with E-state index in [1.54, 1.807) is 23.4 Å². The van der Waals surface area contributed by atoms with Gasteiger partial charge in [0.1, 0.15) is 17.8 Å². The molecule has 1 N–H and O–H groups in total. The van der Waals surface area contributed by atoms with E-state index in [4.69, 9.17) is 0 Å². The number of anilines is 2. The number of aromatic nitrogens is 3. The van der Waals surface area contributed by atoms with Gasteiger partial charge in [-0.05, 0) is 54.0 Å². The van der Waals surface area contributed by atoms with Crippen molar-refractivity contribution in [3.63, 3.8) is 0 Å². The summed E-state index contributed by atoms with van der Waals surface area (Å²) >= 11 is 0. The maximum absolute atomic E-state index is 12.0. The number of carboxylic acid groups (broad SMARTS) is 1. The average molecular weight is 498 g/mol. The molecule has 0 bridgehead atoms. The van der Waals surface area contributed by atoms with Crippen molar-refractivity contribution >= 4 is 38.5 Å². The summed E-state index contributed by atoms with van der Waals surface area (Å²) in [6, 6.07) is 7.21. The number of sulfone groups is 1. The highest BCUT2D eigenvalue weighted by Crippen LogP contribution is 2.40. The first-order chi connectivity index (χ1) is 16.4. The molecule has 2 aliphatic rings. The van der Waals surface area contributed by atoms with Crippen LogP contribution in [-0.4, -0.2) is 64.4 Å². The fraction of sp³-hybridized carbons (Fsp3) is 0.480. The zero-order valence-corrected chi connectivity index (χ0v) is 21.3. The van der Waals surface area contributed by atoms with E-state index < -0.39 is 15.9 Å². The molecule has 1 saturated heterocycles. The van der Waals surface area contributed by atoms with E-state index >= 15 is 0 Å². The molecule has 2 atom stereocenters. The molecule has 0 spiro atoms. The van der Waals surface area contributed by atoms with Crippen molar-refractivity contribution < 1.29 is 18.3 Å². The zero-order valence-electron chi connectivity index (χ0n) is 20.5.